The monoisotopic (exact) mass is 205 g/mol. The van der Waals surface area contributed by atoms with Gasteiger partial charge in [0, 0.05) is 12.8 Å². The van der Waals surface area contributed by atoms with Gasteiger partial charge in [-0.3, -0.25) is 9.59 Å². The molecule has 0 radical (unpaired) electrons. The zero-order chi connectivity index (χ0) is 10.8. The number of amides is 1. The zero-order valence-corrected chi connectivity index (χ0v) is 8.06. The predicted molar refractivity (Wildman–Crippen MR) is 53.2 cm³/mol. The van der Waals surface area contributed by atoms with Crippen molar-refractivity contribution in [2.75, 3.05) is 0 Å². The molecule has 0 aromatic heterocycles. The highest BCUT2D eigenvalue weighted by atomic mass is 16.3. The molecule has 1 aromatic rings. The molecule has 1 aliphatic heterocycles. The van der Waals surface area contributed by atoms with E-state index < -0.39 is 6.04 Å². The van der Waals surface area contributed by atoms with Crippen molar-refractivity contribution >= 4 is 11.7 Å². The maximum absolute atomic E-state index is 11.6. The van der Waals surface area contributed by atoms with Crippen LogP contribution in [0.1, 0.15) is 24.4 Å². The van der Waals surface area contributed by atoms with Crippen molar-refractivity contribution < 1.29 is 14.7 Å². The van der Waals surface area contributed by atoms with Crippen molar-refractivity contribution in [2.45, 2.75) is 18.9 Å². The molecule has 1 amide bonds. The summed E-state index contributed by atoms with van der Waals surface area (Å²) in [6.07, 6.45) is 0.528. The average molecular weight is 205 g/mol. The summed E-state index contributed by atoms with van der Waals surface area (Å²) in [5.74, 6) is -0.0386. The van der Waals surface area contributed by atoms with E-state index >= 15 is 0 Å². The van der Waals surface area contributed by atoms with Gasteiger partial charge in [-0.05, 0) is 17.7 Å². The molecular formula is C11H11NO3. The lowest BCUT2D eigenvalue weighted by Crippen LogP contribution is -2.38. The number of Topliss-reactive ketones (excluding diaryl/α,β-unsaturated/α-hetero) is 1. The molecule has 1 aromatic carbocycles. The summed E-state index contributed by atoms with van der Waals surface area (Å²) in [6, 6.07) is 5.79. The van der Waals surface area contributed by atoms with Gasteiger partial charge in [-0.15, -0.1) is 0 Å². The Kier molecular flexibility index (Phi) is 2.41. The first-order chi connectivity index (χ1) is 7.16. The lowest BCUT2D eigenvalue weighted by Gasteiger charge is -2.22. The molecule has 2 rings (SSSR count). The van der Waals surface area contributed by atoms with Crippen LogP contribution in [0.25, 0.3) is 0 Å². The Hall–Kier alpha value is -1.84. The maximum atomic E-state index is 11.6. The standard InChI is InChI=1S/C11H11NO3/c13-8-3-1-2-7(6-8)11-9(14)4-5-10(15)12-11/h1-3,6,11,13H,4-5H2,(H,12,15). The van der Waals surface area contributed by atoms with Crippen LogP contribution in [0.3, 0.4) is 0 Å². The minimum atomic E-state index is -0.599. The molecule has 1 saturated heterocycles. The van der Waals surface area contributed by atoms with E-state index in [1.165, 1.54) is 12.1 Å². The minimum Gasteiger partial charge on any atom is -0.508 e. The van der Waals surface area contributed by atoms with Crippen LogP contribution in [0.2, 0.25) is 0 Å². The van der Waals surface area contributed by atoms with Gasteiger partial charge < -0.3 is 10.4 Å². The maximum Gasteiger partial charge on any atom is 0.221 e. The van der Waals surface area contributed by atoms with Crippen molar-refractivity contribution in [3.8, 4) is 5.75 Å². The third-order valence-electron chi connectivity index (χ3n) is 2.43. The number of piperidine rings is 1. The van der Waals surface area contributed by atoms with E-state index in [0.717, 1.165) is 0 Å². The van der Waals surface area contributed by atoms with E-state index in [-0.39, 0.29) is 30.3 Å². The lowest BCUT2D eigenvalue weighted by atomic mass is 9.96. The summed E-state index contributed by atoms with van der Waals surface area (Å²) < 4.78 is 0. The van der Waals surface area contributed by atoms with Gasteiger partial charge >= 0.3 is 0 Å². The summed E-state index contributed by atoms with van der Waals surface area (Å²) in [4.78, 5) is 22.7. The molecule has 4 nitrogen and oxygen atoms in total. The van der Waals surface area contributed by atoms with Crippen molar-refractivity contribution in [1.29, 1.82) is 0 Å². The third-order valence-corrected chi connectivity index (χ3v) is 2.43. The SMILES string of the molecule is O=C1CCC(=O)C(c2cccc(O)c2)N1. The number of hydrogen-bond acceptors (Lipinski definition) is 3. The van der Waals surface area contributed by atoms with E-state index in [1.807, 2.05) is 0 Å². The fraction of sp³-hybridized carbons (Fsp3) is 0.273. The minimum absolute atomic E-state index is 0.0137. The van der Waals surface area contributed by atoms with E-state index in [2.05, 4.69) is 5.32 Å². The van der Waals surface area contributed by atoms with Gasteiger partial charge in [0.25, 0.3) is 0 Å². The Morgan fingerprint density at radius 2 is 2.07 bits per heavy atom. The number of phenols is 1. The summed E-state index contributed by atoms with van der Waals surface area (Å²) in [5.41, 5.74) is 0.632. The number of rotatable bonds is 1. The average Bonchev–Trinajstić information content (AvgIpc) is 2.22. The summed E-state index contributed by atoms with van der Waals surface area (Å²) in [5, 5.41) is 11.9. The number of ketones is 1. The van der Waals surface area contributed by atoms with Gasteiger partial charge in [0.2, 0.25) is 5.91 Å². The largest absolute Gasteiger partial charge is 0.508 e. The van der Waals surface area contributed by atoms with Crippen LogP contribution >= 0.6 is 0 Å². The van der Waals surface area contributed by atoms with Crippen molar-refractivity contribution in [2.24, 2.45) is 0 Å². The van der Waals surface area contributed by atoms with E-state index in [4.69, 9.17) is 0 Å². The number of carbonyl (C=O) groups is 2. The fourth-order valence-electron chi connectivity index (χ4n) is 1.67. The fourth-order valence-corrected chi connectivity index (χ4v) is 1.67. The Bertz CT molecular complexity index is 414. The molecule has 1 heterocycles. The first-order valence-corrected chi connectivity index (χ1v) is 4.78. The van der Waals surface area contributed by atoms with Crippen LogP contribution in [-0.2, 0) is 9.59 Å². The van der Waals surface area contributed by atoms with E-state index in [0.29, 0.717) is 5.56 Å². The summed E-state index contributed by atoms with van der Waals surface area (Å²) in [7, 11) is 0. The molecule has 1 atom stereocenters. The highest BCUT2D eigenvalue weighted by molar-refractivity contribution is 5.96. The van der Waals surface area contributed by atoms with Crippen LogP contribution in [-0.4, -0.2) is 16.8 Å². The Morgan fingerprint density at radius 3 is 2.80 bits per heavy atom. The van der Waals surface area contributed by atoms with E-state index in [1.54, 1.807) is 12.1 Å². The molecule has 0 aliphatic carbocycles. The number of carbonyl (C=O) groups excluding carboxylic acids is 2. The van der Waals surface area contributed by atoms with Crippen LogP contribution < -0.4 is 5.32 Å². The van der Waals surface area contributed by atoms with E-state index in [9.17, 15) is 14.7 Å². The highest BCUT2D eigenvalue weighted by Gasteiger charge is 2.27. The highest BCUT2D eigenvalue weighted by Crippen LogP contribution is 2.23. The predicted octanol–water partition coefficient (Wildman–Crippen LogP) is 0.912. The first kappa shape index (κ1) is 9.71. The number of nitrogens with one attached hydrogen (secondary N) is 1. The Balaban J connectivity index is 2.28. The summed E-state index contributed by atoms with van der Waals surface area (Å²) >= 11 is 0. The molecule has 78 valence electrons. The first-order valence-electron chi connectivity index (χ1n) is 4.78. The summed E-state index contributed by atoms with van der Waals surface area (Å²) in [6.45, 7) is 0. The molecule has 1 aliphatic rings. The van der Waals surface area contributed by atoms with Gasteiger partial charge in [-0.1, -0.05) is 12.1 Å². The third kappa shape index (κ3) is 1.98. The van der Waals surface area contributed by atoms with Crippen molar-refractivity contribution in [3.05, 3.63) is 29.8 Å². The molecule has 0 bridgehead atoms. The molecule has 15 heavy (non-hydrogen) atoms. The number of aromatic hydroxyl groups is 1. The lowest BCUT2D eigenvalue weighted by molar-refractivity contribution is -0.133. The topological polar surface area (TPSA) is 66.4 Å². The molecule has 1 unspecified atom stereocenters. The number of phenolic OH excluding ortho intramolecular Hbond substituents is 1. The van der Waals surface area contributed by atoms with Crippen molar-refractivity contribution in [1.82, 2.24) is 5.32 Å². The van der Waals surface area contributed by atoms with Crippen LogP contribution in [0.15, 0.2) is 24.3 Å². The van der Waals surface area contributed by atoms with Crippen molar-refractivity contribution in [3.63, 3.8) is 0 Å². The Morgan fingerprint density at radius 1 is 1.27 bits per heavy atom. The second-order valence-electron chi connectivity index (χ2n) is 3.56. The normalized spacial score (nSPS) is 21.2. The molecule has 1 fully saturated rings. The van der Waals surface area contributed by atoms with Gasteiger partial charge in [-0.25, -0.2) is 0 Å². The molecule has 4 heteroatoms. The molecule has 0 saturated carbocycles. The van der Waals surface area contributed by atoms with Gasteiger partial charge in [-0.2, -0.15) is 0 Å². The molecule has 2 N–H and O–H groups in total. The Labute approximate surface area is 86.9 Å². The van der Waals surface area contributed by atoms with Crippen LogP contribution in [0.5, 0.6) is 5.75 Å². The second-order valence-corrected chi connectivity index (χ2v) is 3.56. The molecular weight excluding hydrogens is 194 g/mol. The van der Waals surface area contributed by atoms with Gasteiger partial charge in [0.1, 0.15) is 11.8 Å². The van der Waals surface area contributed by atoms with Crippen LogP contribution in [0, 0.1) is 0 Å². The quantitative estimate of drug-likeness (QED) is 0.716. The van der Waals surface area contributed by atoms with Gasteiger partial charge in [0.05, 0.1) is 0 Å². The number of benzene rings is 1. The smallest absolute Gasteiger partial charge is 0.221 e. The van der Waals surface area contributed by atoms with Crippen LogP contribution in [0.4, 0.5) is 0 Å². The zero-order valence-electron chi connectivity index (χ0n) is 8.06. The second kappa shape index (κ2) is 3.73. The molecule has 0 spiro atoms. The van der Waals surface area contributed by atoms with Gasteiger partial charge in [0.15, 0.2) is 5.78 Å². The number of hydrogen-bond donors (Lipinski definition) is 2.